The Balaban J connectivity index is 1.95. The molecule has 2 aromatic carbocycles. The van der Waals surface area contributed by atoms with Crippen LogP contribution < -0.4 is 16.0 Å². The van der Waals surface area contributed by atoms with Crippen molar-refractivity contribution in [2.24, 2.45) is 0 Å². The summed E-state index contributed by atoms with van der Waals surface area (Å²) in [5.74, 6) is -0.443. The zero-order chi connectivity index (χ0) is 14.4. The molecule has 0 saturated carbocycles. The molecule has 2 rings (SSSR count). The minimum atomic E-state index is -0.557. The average molecular weight is 269 g/mol. The molecule has 102 valence electrons. The van der Waals surface area contributed by atoms with Crippen LogP contribution in [0.25, 0.3) is 0 Å². The number of anilines is 2. The molecule has 0 unspecified atom stereocenters. The van der Waals surface area contributed by atoms with E-state index in [-0.39, 0.29) is 0 Å². The molecule has 5 heteroatoms. The number of rotatable bonds is 3. The van der Waals surface area contributed by atoms with Gasteiger partial charge in [0.05, 0.1) is 0 Å². The Morgan fingerprint density at radius 3 is 2.10 bits per heavy atom. The fourth-order valence-electron chi connectivity index (χ4n) is 1.65. The highest BCUT2D eigenvalue weighted by atomic mass is 16.2. The van der Waals surface area contributed by atoms with E-state index in [0.29, 0.717) is 11.3 Å². The normalized spacial score (nSPS) is 9.65. The first-order chi connectivity index (χ1) is 9.69. The summed E-state index contributed by atoms with van der Waals surface area (Å²) in [5.41, 5.74) is 1.95. The van der Waals surface area contributed by atoms with E-state index in [1.807, 2.05) is 6.07 Å². The van der Waals surface area contributed by atoms with Crippen molar-refractivity contribution in [2.75, 3.05) is 17.7 Å². The average Bonchev–Trinajstić information content (AvgIpc) is 2.48. The lowest BCUT2D eigenvalue weighted by Gasteiger charge is -2.07. The van der Waals surface area contributed by atoms with Crippen LogP contribution in [0.5, 0.6) is 0 Å². The fraction of sp³-hybridized carbons (Fsp3) is 0.0667. The van der Waals surface area contributed by atoms with Gasteiger partial charge in [0, 0.05) is 24.0 Å². The van der Waals surface area contributed by atoms with Gasteiger partial charge in [-0.3, -0.25) is 10.1 Å². The topological polar surface area (TPSA) is 70.2 Å². The van der Waals surface area contributed by atoms with Crippen LogP contribution in [0.3, 0.4) is 0 Å². The van der Waals surface area contributed by atoms with Gasteiger partial charge in [0.2, 0.25) is 0 Å². The molecule has 0 saturated heterocycles. The van der Waals surface area contributed by atoms with Crippen molar-refractivity contribution < 1.29 is 9.59 Å². The SMILES string of the molecule is CNc1ccc(C(=O)NC(=O)Nc2ccccc2)cc1. The molecule has 0 radical (unpaired) electrons. The Morgan fingerprint density at radius 1 is 0.850 bits per heavy atom. The van der Waals surface area contributed by atoms with E-state index in [9.17, 15) is 9.59 Å². The molecular weight excluding hydrogens is 254 g/mol. The van der Waals surface area contributed by atoms with Crippen LogP contribution in [-0.4, -0.2) is 19.0 Å². The number of amides is 3. The van der Waals surface area contributed by atoms with Gasteiger partial charge >= 0.3 is 6.03 Å². The number of carbonyl (C=O) groups is 2. The molecular formula is C15H15N3O2. The molecule has 2 aromatic rings. The van der Waals surface area contributed by atoms with Crippen LogP contribution in [0, 0.1) is 0 Å². The van der Waals surface area contributed by atoms with Gasteiger partial charge in [-0.1, -0.05) is 18.2 Å². The van der Waals surface area contributed by atoms with Crippen LogP contribution in [0.15, 0.2) is 54.6 Å². The molecule has 0 heterocycles. The van der Waals surface area contributed by atoms with Crippen molar-refractivity contribution >= 4 is 23.3 Å². The summed E-state index contributed by atoms with van der Waals surface area (Å²) in [5, 5.41) is 7.81. The van der Waals surface area contributed by atoms with Gasteiger partial charge in [-0.05, 0) is 36.4 Å². The Kier molecular flexibility index (Phi) is 4.34. The molecule has 0 aromatic heterocycles. The number of nitrogens with one attached hydrogen (secondary N) is 3. The van der Waals surface area contributed by atoms with Gasteiger partial charge in [0.1, 0.15) is 0 Å². The first kappa shape index (κ1) is 13.6. The Morgan fingerprint density at radius 2 is 1.50 bits per heavy atom. The summed E-state index contributed by atoms with van der Waals surface area (Å²) in [6, 6.07) is 15.2. The largest absolute Gasteiger partial charge is 0.388 e. The second-order valence-corrected chi connectivity index (χ2v) is 4.10. The first-order valence-electron chi connectivity index (χ1n) is 6.14. The van der Waals surface area contributed by atoms with Gasteiger partial charge in [-0.25, -0.2) is 4.79 Å². The lowest BCUT2D eigenvalue weighted by Crippen LogP contribution is -2.34. The molecule has 0 fully saturated rings. The molecule has 0 atom stereocenters. The molecule has 5 nitrogen and oxygen atoms in total. The minimum Gasteiger partial charge on any atom is -0.388 e. The van der Waals surface area contributed by atoms with Crippen molar-refractivity contribution in [3.05, 3.63) is 60.2 Å². The van der Waals surface area contributed by atoms with Gasteiger partial charge in [-0.2, -0.15) is 0 Å². The number of hydrogen-bond donors (Lipinski definition) is 3. The highest BCUT2D eigenvalue weighted by Crippen LogP contribution is 2.09. The quantitative estimate of drug-likeness (QED) is 0.802. The van der Waals surface area contributed by atoms with E-state index < -0.39 is 11.9 Å². The summed E-state index contributed by atoms with van der Waals surface area (Å²) < 4.78 is 0. The molecule has 3 amide bonds. The predicted molar refractivity (Wildman–Crippen MR) is 78.9 cm³/mol. The lowest BCUT2D eigenvalue weighted by molar-refractivity contribution is 0.0967. The van der Waals surface area contributed by atoms with E-state index >= 15 is 0 Å². The maximum absolute atomic E-state index is 11.9. The molecule has 0 bridgehead atoms. The number of imide groups is 1. The summed E-state index contributed by atoms with van der Waals surface area (Å²) in [7, 11) is 1.79. The molecule has 20 heavy (non-hydrogen) atoms. The second kappa shape index (κ2) is 6.38. The van der Waals surface area contributed by atoms with E-state index in [0.717, 1.165) is 5.69 Å². The van der Waals surface area contributed by atoms with Crippen LogP contribution >= 0.6 is 0 Å². The Bertz CT molecular complexity index is 594. The molecule has 0 aliphatic rings. The summed E-state index contributed by atoms with van der Waals surface area (Å²) in [4.78, 5) is 23.5. The zero-order valence-electron chi connectivity index (χ0n) is 11.0. The third kappa shape index (κ3) is 3.58. The van der Waals surface area contributed by atoms with Gasteiger partial charge in [-0.15, -0.1) is 0 Å². The van der Waals surface area contributed by atoms with Crippen molar-refractivity contribution in [3.63, 3.8) is 0 Å². The van der Waals surface area contributed by atoms with E-state index in [1.54, 1.807) is 55.6 Å². The van der Waals surface area contributed by atoms with Crippen LogP contribution in [0.1, 0.15) is 10.4 Å². The second-order valence-electron chi connectivity index (χ2n) is 4.10. The van der Waals surface area contributed by atoms with E-state index in [4.69, 9.17) is 0 Å². The zero-order valence-corrected chi connectivity index (χ0v) is 11.0. The third-order valence-electron chi connectivity index (χ3n) is 2.69. The summed E-state index contributed by atoms with van der Waals surface area (Å²) in [6.45, 7) is 0. The van der Waals surface area contributed by atoms with Crippen molar-refractivity contribution in [1.29, 1.82) is 0 Å². The third-order valence-corrected chi connectivity index (χ3v) is 2.69. The molecule has 0 aliphatic carbocycles. The number of hydrogen-bond acceptors (Lipinski definition) is 3. The minimum absolute atomic E-state index is 0.423. The van der Waals surface area contributed by atoms with Gasteiger partial charge in [0.25, 0.3) is 5.91 Å². The van der Waals surface area contributed by atoms with E-state index in [1.165, 1.54) is 0 Å². The molecule has 0 spiro atoms. The molecule has 0 aliphatic heterocycles. The van der Waals surface area contributed by atoms with Gasteiger partial charge in [0.15, 0.2) is 0 Å². The predicted octanol–water partition coefficient (Wildman–Crippen LogP) is 2.69. The number of para-hydroxylation sites is 1. The number of benzene rings is 2. The first-order valence-corrected chi connectivity index (χ1v) is 6.14. The highest BCUT2D eigenvalue weighted by molar-refractivity contribution is 6.08. The van der Waals surface area contributed by atoms with Gasteiger partial charge < -0.3 is 10.6 Å². The Hall–Kier alpha value is -2.82. The number of carbonyl (C=O) groups excluding carboxylic acids is 2. The van der Waals surface area contributed by atoms with E-state index in [2.05, 4.69) is 16.0 Å². The van der Waals surface area contributed by atoms with Crippen LogP contribution in [-0.2, 0) is 0 Å². The number of urea groups is 1. The molecule has 3 N–H and O–H groups in total. The summed E-state index contributed by atoms with van der Waals surface area (Å²) >= 11 is 0. The standard InChI is InChI=1S/C15H15N3O2/c1-16-12-9-7-11(8-10-12)14(19)18-15(20)17-13-5-3-2-4-6-13/h2-10,16H,1H3,(H2,17,18,19,20). The maximum Gasteiger partial charge on any atom is 0.326 e. The Labute approximate surface area is 117 Å². The van der Waals surface area contributed by atoms with Crippen molar-refractivity contribution in [1.82, 2.24) is 5.32 Å². The maximum atomic E-state index is 11.9. The smallest absolute Gasteiger partial charge is 0.326 e. The summed E-state index contributed by atoms with van der Waals surface area (Å²) in [6.07, 6.45) is 0. The van der Waals surface area contributed by atoms with Crippen molar-refractivity contribution in [3.8, 4) is 0 Å². The monoisotopic (exact) mass is 269 g/mol. The van der Waals surface area contributed by atoms with Crippen LogP contribution in [0.4, 0.5) is 16.2 Å². The van der Waals surface area contributed by atoms with Crippen LogP contribution in [0.2, 0.25) is 0 Å². The van der Waals surface area contributed by atoms with Crippen molar-refractivity contribution in [2.45, 2.75) is 0 Å². The fourth-order valence-corrected chi connectivity index (χ4v) is 1.65. The highest BCUT2D eigenvalue weighted by Gasteiger charge is 2.09. The lowest BCUT2D eigenvalue weighted by atomic mass is 10.2.